The minimum absolute atomic E-state index is 0.227. The quantitative estimate of drug-likeness (QED) is 0.803. The molecule has 0 spiro atoms. The Labute approximate surface area is 134 Å². The first-order valence-electron chi connectivity index (χ1n) is 7.28. The van der Waals surface area contributed by atoms with Crippen LogP contribution in [-0.2, 0) is 16.0 Å². The van der Waals surface area contributed by atoms with E-state index in [-0.39, 0.29) is 18.2 Å². The van der Waals surface area contributed by atoms with Crippen LogP contribution in [-0.4, -0.2) is 18.4 Å². The van der Waals surface area contributed by atoms with Gasteiger partial charge >= 0.3 is 0 Å². The van der Waals surface area contributed by atoms with E-state index in [1.807, 2.05) is 36.4 Å². The van der Waals surface area contributed by atoms with Crippen molar-refractivity contribution in [2.75, 3.05) is 11.9 Å². The zero-order valence-electron chi connectivity index (χ0n) is 12.6. The number of hydrogen-bond acceptors (Lipinski definition) is 3. The van der Waals surface area contributed by atoms with E-state index in [1.54, 1.807) is 24.3 Å². The van der Waals surface area contributed by atoms with Gasteiger partial charge in [-0.1, -0.05) is 30.3 Å². The molecule has 0 aliphatic carbocycles. The molecule has 0 aliphatic heterocycles. The molecular weight excluding hydrogens is 290 g/mol. The number of amides is 2. The number of carbonyl (C=O) groups excluding carboxylic acids is 2. The Balaban J connectivity index is 1.71. The highest BCUT2D eigenvalue weighted by molar-refractivity contribution is 6.03. The Bertz CT molecular complexity index is 703. The van der Waals surface area contributed by atoms with Crippen LogP contribution in [0.1, 0.15) is 17.5 Å². The smallest absolute Gasteiger partial charge is 0.233 e. The van der Waals surface area contributed by atoms with E-state index in [4.69, 9.17) is 5.26 Å². The predicted molar refractivity (Wildman–Crippen MR) is 87.6 cm³/mol. The molecule has 5 heteroatoms. The van der Waals surface area contributed by atoms with Crippen LogP contribution in [0.15, 0.2) is 54.6 Å². The maximum atomic E-state index is 11.8. The van der Waals surface area contributed by atoms with Gasteiger partial charge in [0.1, 0.15) is 6.42 Å². The Morgan fingerprint density at radius 3 is 2.30 bits per heavy atom. The number of nitrogens with zero attached hydrogens (tertiary/aromatic N) is 1. The van der Waals surface area contributed by atoms with Gasteiger partial charge in [0.05, 0.1) is 11.6 Å². The molecular formula is C18H17N3O2. The molecule has 0 saturated heterocycles. The van der Waals surface area contributed by atoms with E-state index >= 15 is 0 Å². The Hall–Kier alpha value is -3.13. The van der Waals surface area contributed by atoms with Gasteiger partial charge in [-0.05, 0) is 36.2 Å². The SMILES string of the molecule is N#Cc1ccc(NC(=O)CC(=O)NCCc2ccccc2)cc1. The summed E-state index contributed by atoms with van der Waals surface area (Å²) in [6, 6.07) is 18.3. The Morgan fingerprint density at radius 1 is 0.957 bits per heavy atom. The number of carbonyl (C=O) groups is 2. The summed E-state index contributed by atoms with van der Waals surface area (Å²) in [5.74, 6) is -0.695. The second kappa shape index (κ2) is 8.35. The molecule has 23 heavy (non-hydrogen) atoms. The van der Waals surface area contributed by atoms with Gasteiger partial charge in [0.25, 0.3) is 0 Å². The maximum absolute atomic E-state index is 11.8. The average Bonchev–Trinajstić information content (AvgIpc) is 2.56. The lowest BCUT2D eigenvalue weighted by molar-refractivity contribution is -0.126. The van der Waals surface area contributed by atoms with Gasteiger partial charge in [0.2, 0.25) is 11.8 Å². The highest BCUT2D eigenvalue weighted by Crippen LogP contribution is 2.09. The molecule has 0 radical (unpaired) electrons. The zero-order chi connectivity index (χ0) is 16.5. The molecule has 2 amide bonds. The molecule has 0 aromatic heterocycles. The first kappa shape index (κ1) is 16.2. The summed E-state index contributed by atoms with van der Waals surface area (Å²) in [4.78, 5) is 23.5. The lowest BCUT2D eigenvalue weighted by atomic mass is 10.1. The van der Waals surface area contributed by atoms with Crippen molar-refractivity contribution in [1.29, 1.82) is 5.26 Å². The molecule has 2 aromatic rings. The molecule has 0 bridgehead atoms. The topological polar surface area (TPSA) is 82.0 Å². The predicted octanol–water partition coefficient (Wildman–Crippen LogP) is 2.25. The van der Waals surface area contributed by atoms with E-state index in [9.17, 15) is 9.59 Å². The van der Waals surface area contributed by atoms with E-state index < -0.39 is 0 Å². The maximum Gasteiger partial charge on any atom is 0.233 e. The lowest BCUT2D eigenvalue weighted by Crippen LogP contribution is -2.29. The van der Waals surface area contributed by atoms with Crippen LogP contribution >= 0.6 is 0 Å². The third-order valence-electron chi connectivity index (χ3n) is 3.20. The van der Waals surface area contributed by atoms with Crippen molar-refractivity contribution < 1.29 is 9.59 Å². The van der Waals surface area contributed by atoms with Crippen LogP contribution in [0.4, 0.5) is 5.69 Å². The van der Waals surface area contributed by atoms with Crippen molar-refractivity contribution in [3.63, 3.8) is 0 Å². The van der Waals surface area contributed by atoms with Crippen LogP contribution in [0.3, 0.4) is 0 Å². The van der Waals surface area contributed by atoms with Gasteiger partial charge in [-0.2, -0.15) is 5.26 Å². The van der Waals surface area contributed by atoms with E-state index in [0.29, 0.717) is 17.8 Å². The molecule has 2 N–H and O–H groups in total. The van der Waals surface area contributed by atoms with Crippen molar-refractivity contribution in [3.05, 3.63) is 65.7 Å². The van der Waals surface area contributed by atoms with Gasteiger partial charge in [-0.3, -0.25) is 9.59 Å². The lowest BCUT2D eigenvalue weighted by Gasteiger charge is -2.07. The summed E-state index contributed by atoms with van der Waals surface area (Å²) in [5, 5.41) is 14.1. The molecule has 0 atom stereocenters. The van der Waals surface area contributed by atoms with Gasteiger partial charge < -0.3 is 10.6 Å². The van der Waals surface area contributed by atoms with Crippen LogP contribution in [0.5, 0.6) is 0 Å². The highest BCUT2D eigenvalue weighted by Gasteiger charge is 2.09. The third-order valence-corrected chi connectivity index (χ3v) is 3.20. The second-order valence-electron chi connectivity index (χ2n) is 5.00. The van der Waals surface area contributed by atoms with E-state index in [0.717, 1.165) is 12.0 Å². The molecule has 0 saturated carbocycles. The van der Waals surface area contributed by atoms with E-state index in [2.05, 4.69) is 10.6 Å². The fourth-order valence-electron chi connectivity index (χ4n) is 2.03. The monoisotopic (exact) mass is 307 g/mol. The molecule has 2 aromatic carbocycles. The fraction of sp³-hybridized carbons (Fsp3) is 0.167. The number of nitrogens with one attached hydrogen (secondary N) is 2. The van der Waals surface area contributed by atoms with Crippen molar-refractivity contribution in [2.24, 2.45) is 0 Å². The second-order valence-corrected chi connectivity index (χ2v) is 5.00. The summed E-state index contributed by atoms with van der Waals surface area (Å²) in [6.07, 6.45) is 0.499. The third kappa shape index (κ3) is 5.64. The fourth-order valence-corrected chi connectivity index (χ4v) is 2.03. The van der Waals surface area contributed by atoms with Crippen molar-refractivity contribution in [1.82, 2.24) is 5.32 Å². The number of anilines is 1. The normalized spacial score (nSPS) is 9.70. The van der Waals surface area contributed by atoms with Gasteiger partial charge in [0.15, 0.2) is 0 Å². The molecule has 0 aliphatic rings. The summed E-state index contributed by atoms with van der Waals surface area (Å²) >= 11 is 0. The molecule has 2 rings (SSSR count). The van der Waals surface area contributed by atoms with Crippen LogP contribution in [0, 0.1) is 11.3 Å². The first-order valence-corrected chi connectivity index (χ1v) is 7.28. The van der Waals surface area contributed by atoms with Crippen LogP contribution in [0.25, 0.3) is 0 Å². The minimum atomic E-state index is -0.382. The molecule has 5 nitrogen and oxygen atoms in total. The number of rotatable bonds is 6. The minimum Gasteiger partial charge on any atom is -0.355 e. The van der Waals surface area contributed by atoms with Gasteiger partial charge in [-0.25, -0.2) is 0 Å². The number of benzene rings is 2. The summed E-state index contributed by atoms with van der Waals surface area (Å²) in [6.45, 7) is 0.493. The Morgan fingerprint density at radius 2 is 1.65 bits per heavy atom. The Kier molecular flexibility index (Phi) is 5.89. The van der Waals surface area contributed by atoms with Crippen molar-refractivity contribution in [3.8, 4) is 6.07 Å². The van der Waals surface area contributed by atoms with Crippen LogP contribution < -0.4 is 10.6 Å². The standard InChI is InChI=1S/C18H17N3O2/c19-13-15-6-8-16(9-7-15)21-18(23)12-17(22)20-11-10-14-4-2-1-3-5-14/h1-9H,10-12H2,(H,20,22)(H,21,23). The molecule has 0 fully saturated rings. The summed E-state index contributed by atoms with van der Waals surface area (Å²) < 4.78 is 0. The molecule has 116 valence electrons. The summed E-state index contributed by atoms with van der Waals surface area (Å²) in [5.41, 5.74) is 2.21. The van der Waals surface area contributed by atoms with Gasteiger partial charge in [-0.15, -0.1) is 0 Å². The van der Waals surface area contributed by atoms with Crippen molar-refractivity contribution in [2.45, 2.75) is 12.8 Å². The molecule has 0 unspecified atom stereocenters. The van der Waals surface area contributed by atoms with Crippen LogP contribution in [0.2, 0.25) is 0 Å². The summed E-state index contributed by atoms with van der Waals surface area (Å²) in [7, 11) is 0. The number of nitriles is 1. The largest absolute Gasteiger partial charge is 0.355 e. The van der Waals surface area contributed by atoms with Crippen molar-refractivity contribution >= 4 is 17.5 Å². The number of hydrogen-bond donors (Lipinski definition) is 2. The first-order chi connectivity index (χ1) is 11.2. The average molecular weight is 307 g/mol. The zero-order valence-corrected chi connectivity index (χ0v) is 12.6. The molecule has 0 heterocycles. The van der Waals surface area contributed by atoms with Gasteiger partial charge in [0, 0.05) is 12.2 Å². The highest BCUT2D eigenvalue weighted by atomic mass is 16.2. The van der Waals surface area contributed by atoms with E-state index in [1.165, 1.54) is 0 Å².